The molecule has 2 aromatic rings. The maximum Gasteiger partial charge on any atom is 0.434 e. The van der Waals surface area contributed by atoms with Gasteiger partial charge in [0.1, 0.15) is 17.5 Å². The molecule has 1 amide bonds. The van der Waals surface area contributed by atoms with Gasteiger partial charge in [-0.05, 0) is 19.1 Å². The number of alkyl halides is 3. The highest BCUT2D eigenvalue weighted by atomic mass is 19.4. The van der Waals surface area contributed by atoms with Crippen LogP contribution in [0.15, 0.2) is 30.5 Å². The summed E-state index contributed by atoms with van der Waals surface area (Å²) in [6.07, 6.45) is -4.38. The number of carbonyl (C=O) groups excluding carboxylic acids is 1. The Morgan fingerprint density at radius 3 is 2.40 bits per heavy atom. The van der Waals surface area contributed by atoms with Crippen molar-refractivity contribution >= 4 is 11.9 Å². The van der Waals surface area contributed by atoms with Crippen LogP contribution in [0.25, 0.3) is 5.69 Å². The molecule has 0 aliphatic heterocycles. The first-order valence-corrected chi connectivity index (χ1v) is 6.95. The van der Waals surface area contributed by atoms with Gasteiger partial charge in [0.15, 0.2) is 5.69 Å². The zero-order valence-electron chi connectivity index (χ0n) is 13.1. The molecule has 6 nitrogen and oxygen atoms in total. The third kappa shape index (κ3) is 3.47. The molecule has 134 valence electrons. The van der Waals surface area contributed by atoms with Gasteiger partial charge in [0.25, 0.3) is 5.91 Å². The van der Waals surface area contributed by atoms with Crippen molar-refractivity contribution in [2.45, 2.75) is 19.1 Å². The lowest BCUT2D eigenvalue weighted by Crippen LogP contribution is -2.40. The van der Waals surface area contributed by atoms with E-state index in [9.17, 15) is 27.2 Å². The van der Waals surface area contributed by atoms with Gasteiger partial charge >= 0.3 is 12.1 Å². The molecule has 1 N–H and O–H groups in total. The molecule has 0 radical (unpaired) electrons. The predicted molar refractivity (Wildman–Crippen MR) is 77.7 cm³/mol. The number of para-hydroxylation sites is 1. The molecule has 1 atom stereocenters. The van der Waals surface area contributed by atoms with Crippen molar-refractivity contribution in [3.8, 4) is 5.69 Å². The number of amides is 1. The summed E-state index contributed by atoms with van der Waals surface area (Å²) < 4.78 is 54.5. The first-order chi connectivity index (χ1) is 11.6. The molecule has 1 unspecified atom stereocenters. The number of likely N-dealkylation sites (N-methyl/N-ethyl adjacent to an activating group) is 1. The van der Waals surface area contributed by atoms with Gasteiger partial charge in [0.2, 0.25) is 0 Å². The topological polar surface area (TPSA) is 75.4 Å². The number of aliphatic carboxylic acids is 1. The van der Waals surface area contributed by atoms with Crippen molar-refractivity contribution in [2.24, 2.45) is 0 Å². The maximum absolute atomic E-state index is 13.8. The number of hydrogen-bond acceptors (Lipinski definition) is 3. The summed E-state index contributed by atoms with van der Waals surface area (Å²) in [5.41, 5.74) is -2.83. The van der Waals surface area contributed by atoms with Crippen LogP contribution in [-0.2, 0) is 11.0 Å². The van der Waals surface area contributed by atoms with E-state index < -0.39 is 46.9 Å². The molecule has 0 spiro atoms. The minimum atomic E-state index is -5.02. The maximum atomic E-state index is 13.8. The number of carbonyl (C=O) groups is 2. The van der Waals surface area contributed by atoms with Crippen LogP contribution in [0, 0.1) is 5.82 Å². The summed E-state index contributed by atoms with van der Waals surface area (Å²) in [6.45, 7) is 1.15. The van der Waals surface area contributed by atoms with Crippen LogP contribution in [0.2, 0.25) is 0 Å². The van der Waals surface area contributed by atoms with E-state index >= 15 is 0 Å². The molecular formula is C15H13F4N3O3. The SMILES string of the molecule is CC(C(=O)O)N(C)C(=O)c1cnn(-c2ccccc2F)c1C(F)(F)F. The van der Waals surface area contributed by atoms with Gasteiger partial charge in [-0.15, -0.1) is 0 Å². The van der Waals surface area contributed by atoms with Gasteiger partial charge in [-0.1, -0.05) is 12.1 Å². The average Bonchev–Trinajstić information content (AvgIpc) is 2.98. The van der Waals surface area contributed by atoms with Crippen LogP contribution in [-0.4, -0.2) is 44.8 Å². The fraction of sp³-hybridized carbons (Fsp3) is 0.267. The van der Waals surface area contributed by atoms with Gasteiger partial charge in [-0.2, -0.15) is 18.3 Å². The lowest BCUT2D eigenvalue weighted by molar-refractivity contribution is -0.143. The molecule has 0 aliphatic rings. The Bertz CT molecular complexity index is 817. The molecule has 1 heterocycles. The smallest absolute Gasteiger partial charge is 0.434 e. The summed E-state index contributed by atoms with van der Waals surface area (Å²) >= 11 is 0. The molecule has 0 bridgehead atoms. The molecule has 25 heavy (non-hydrogen) atoms. The monoisotopic (exact) mass is 359 g/mol. The number of rotatable bonds is 4. The lowest BCUT2D eigenvalue weighted by atomic mass is 10.1. The first kappa shape index (κ1) is 18.4. The second-order valence-corrected chi connectivity index (χ2v) is 5.20. The second kappa shape index (κ2) is 6.54. The average molecular weight is 359 g/mol. The number of nitrogens with zero attached hydrogens (tertiary/aromatic N) is 3. The van der Waals surface area contributed by atoms with Crippen molar-refractivity contribution in [3.05, 3.63) is 47.5 Å². The van der Waals surface area contributed by atoms with Crippen LogP contribution in [0.5, 0.6) is 0 Å². The summed E-state index contributed by atoms with van der Waals surface area (Å²) in [4.78, 5) is 23.9. The number of hydrogen-bond donors (Lipinski definition) is 1. The minimum absolute atomic E-state index is 0.280. The Hall–Kier alpha value is -2.91. The van der Waals surface area contributed by atoms with Crippen LogP contribution in [0.1, 0.15) is 23.0 Å². The van der Waals surface area contributed by atoms with E-state index in [0.29, 0.717) is 11.1 Å². The first-order valence-electron chi connectivity index (χ1n) is 6.95. The van der Waals surface area contributed by atoms with Crippen molar-refractivity contribution < 1.29 is 32.3 Å². The van der Waals surface area contributed by atoms with E-state index in [-0.39, 0.29) is 4.68 Å². The predicted octanol–water partition coefficient (Wildman–Crippen LogP) is 2.58. The van der Waals surface area contributed by atoms with Crippen molar-refractivity contribution in [1.29, 1.82) is 0 Å². The minimum Gasteiger partial charge on any atom is -0.480 e. The number of benzene rings is 1. The highest BCUT2D eigenvalue weighted by Crippen LogP contribution is 2.34. The largest absolute Gasteiger partial charge is 0.480 e. The van der Waals surface area contributed by atoms with Crippen molar-refractivity contribution in [1.82, 2.24) is 14.7 Å². The fourth-order valence-corrected chi connectivity index (χ4v) is 2.12. The van der Waals surface area contributed by atoms with Crippen LogP contribution < -0.4 is 0 Å². The van der Waals surface area contributed by atoms with Gasteiger partial charge < -0.3 is 10.0 Å². The summed E-state index contributed by atoms with van der Waals surface area (Å²) in [5.74, 6) is -3.53. The summed E-state index contributed by atoms with van der Waals surface area (Å²) in [6, 6.07) is 3.29. The molecule has 1 aromatic heterocycles. The van der Waals surface area contributed by atoms with Crippen LogP contribution >= 0.6 is 0 Å². The Morgan fingerprint density at radius 1 is 1.28 bits per heavy atom. The molecular weight excluding hydrogens is 346 g/mol. The summed E-state index contributed by atoms with van der Waals surface area (Å²) in [7, 11) is 1.06. The number of carboxylic acid groups (broad SMARTS) is 1. The van der Waals surface area contributed by atoms with E-state index in [2.05, 4.69) is 5.10 Å². The lowest BCUT2D eigenvalue weighted by Gasteiger charge is -2.22. The Morgan fingerprint density at radius 2 is 1.88 bits per heavy atom. The van der Waals surface area contributed by atoms with Gasteiger partial charge in [0, 0.05) is 7.05 Å². The van der Waals surface area contributed by atoms with E-state index in [1.165, 1.54) is 12.1 Å². The van der Waals surface area contributed by atoms with E-state index in [1.54, 1.807) is 0 Å². The quantitative estimate of drug-likeness (QED) is 0.852. The molecule has 1 aromatic carbocycles. The van der Waals surface area contributed by atoms with Crippen LogP contribution in [0.4, 0.5) is 17.6 Å². The van der Waals surface area contributed by atoms with E-state index in [1.807, 2.05) is 0 Å². The summed E-state index contributed by atoms with van der Waals surface area (Å²) in [5, 5.41) is 12.4. The second-order valence-electron chi connectivity index (χ2n) is 5.20. The molecule has 10 heteroatoms. The fourth-order valence-electron chi connectivity index (χ4n) is 2.12. The van der Waals surface area contributed by atoms with Gasteiger partial charge in [-0.25, -0.2) is 13.9 Å². The third-order valence-corrected chi connectivity index (χ3v) is 3.61. The normalized spacial score (nSPS) is 12.7. The standard InChI is InChI=1S/C15H13F4N3O3/c1-8(14(24)25)21(2)13(23)9-7-20-22(12(9)15(17,18)19)11-6-4-3-5-10(11)16/h3-8H,1-2H3,(H,24,25). The van der Waals surface area contributed by atoms with Crippen LogP contribution in [0.3, 0.4) is 0 Å². The molecule has 0 aliphatic carbocycles. The number of aromatic nitrogens is 2. The number of carboxylic acids is 1. The Balaban J connectivity index is 2.60. The zero-order valence-corrected chi connectivity index (χ0v) is 13.1. The van der Waals surface area contributed by atoms with Crippen molar-refractivity contribution in [2.75, 3.05) is 7.05 Å². The molecule has 0 saturated heterocycles. The molecule has 2 rings (SSSR count). The zero-order chi connectivity index (χ0) is 18.9. The Labute approximate surface area is 139 Å². The molecule has 0 saturated carbocycles. The Kier molecular flexibility index (Phi) is 4.82. The van der Waals surface area contributed by atoms with E-state index in [0.717, 1.165) is 26.1 Å². The van der Waals surface area contributed by atoms with E-state index in [4.69, 9.17) is 5.11 Å². The van der Waals surface area contributed by atoms with Gasteiger partial charge in [0.05, 0.1) is 11.8 Å². The highest BCUT2D eigenvalue weighted by Gasteiger charge is 2.42. The molecule has 0 fully saturated rings. The third-order valence-electron chi connectivity index (χ3n) is 3.61. The van der Waals surface area contributed by atoms with Gasteiger partial charge in [-0.3, -0.25) is 4.79 Å². The number of halogens is 4. The highest BCUT2D eigenvalue weighted by molar-refractivity contribution is 5.97. The van der Waals surface area contributed by atoms with Crippen molar-refractivity contribution in [3.63, 3.8) is 0 Å².